The molecule has 0 atom stereocenters. The lowest BCUT2D eigenvalue weighted by molar-refractivity contribution is -0.115. The molecule has 0 saturated carbocycles. The number of methoxy groups -OCH3 is 2. The Morgan fingerprint density at radius 2 is 1.81 bits per heavy atom. The molecule has 2 N–H and O–H groups in total. The molecule has 0 saturated heterocycles. The van der Waals surface area contributed by atoms with E-state index in [4.69, 9.17) is 32.7 Å². The summed E-state index contributed by atoms with van der Waals surface area (Å²) < 4.78 is 10.5. The molecule has 0 aliphatic carbocycles. The molecular formula is C19H19Cl2NO4. The van der Waals surface area contributed by atoms with Crippen LogP contribution >= 0.6 is 23.2 Å². The van der Waals surface area contributed by atoms with Gasteiger partial charge in [-0.2, -0.15) is 0 Å². The summed E-state index contributed by atoms with van der Waals surface area (Å²) in [7, 11) is 3.14. The molecule has 0 unspecified atom stereocenters. The minimum atomic E-state index is -0.411. The molecule has 0 spiro atoms. The van der Waals surface area contributed by atoms with E-state index in [1.165, 1.54) is 6.07 Å². The number of aliphatic hydroxyl groups is 1. The maximum absolute atomic E-state index is 12.3. The zero-order chi connectivity index (χ0) is 19.1. The first kappa shape index (κ1) is 19.9. The van der Waals surface area contributed by atoms with Crippen LogP contribution in [0, 0.1) is 0 Å². The highest BCUT2D eigenvalue weighted by molar-refractivity contribution is 6.42. The van der Waals surface area contributed by atoms with E-state index in [9.17, 15) is 9.90 Å². The van der Waals surface area contributed by atoms with Crippen LogP contribution in [-0.4, -0.2) is 31.8 Å². The Labute approximate surface area is 162 Å². The van der Waals surface area contributed by atoms with Crippen LogP contribution in [-0.2, 0) is 11.2 Å². The number of rotatable bonds is 7. The van der Waals surface area contributed by atoms with E-state index in [0.717, 1.165) is 11.8 Å². The molecule has 0 radical (unpaired) electrons. The highest BCUT2D eigenvalue weighted by Gasteiger charge is 2.13. The molecule has 2 aromatic carbocycles. The highest BCUT2D eigenvalue weighted by Crippen LogP contribution is 2.28. The number of nitrogens with one attached hydrogen (secondary N) is 1. The van der Waals surface area contributed by atoms with Crippen molar-refractivity contribution in [2.75, 3.05) is 20.8 Å². The van der Waals surface area contributed by atoms with Gasteiger partial charge in [-0.3, -0.25) is 4.79 Å². The Balaban J connectivity index is 2.00. The average Bonchev–Trinajstić information content (AvgIpc) is 2.65. The van der Waals surface area contributed by atoms with E-state index < -0.39 is 5.91 Å². The zero-order valence-electron chi connectivity index (χ0n) is 14.4. The first-order valence-corrected chi connectivity index (χ1v) is 8.54. The van der Waals surface area contributed by atoms with Crippen LogP contribution in [0.5, 0.6) is 11.5 Å². The quantitative estimate of drug-likeness (QED) is 0.542. The summed E-state index contributed by atoms with van der Waals surface area (Å²) >= 11 is 11.8. The van der Waals surface area contributed by atoms with Gasteiger partial charge < -0.3 is 19.9 Å². The highest BCUT2D eigenvalue weighted by atomic mass is 35.5. The van der Waals surface area contributed by atoms with Crippen LogP contribution in [0.1, 0.15) is 11.1 Å². The van der Waals surface area contributed by atoms with Gasteiger partial charge >= 0.3 is 0 Å². The van der Waals surface area contributed by atoms with Crippen molar-refractivity contribution in [3.8, 4) is 11.5 Å². The van der Waals surface area contributed by atoms with Crippen LogP contribution in [0.4, 0.5) is 0 Å². The third-order valence-electron chi connectivity index (χ3n) is 3.75. The summed E-state index contributed by atoms with van der Waals surface area (Å²) in [5.41, 5.74) is 1.56. The van der Waals surface area contributed by atoms with Crippen molar-refractivity contribution < 1.29 is 19.4 Å². The molecule has 2 aromatic rings. The predicted molar refractivity (Wildman–Crippen MR) is 103 cm³/mol. The van der Waals surface area contributed by atoms with Gasteiger partial charge in [0.2, 0.25) is 0 Å². The molecule has 7 heteroatoms. The summed E-state index contributed by atoms with van der Waals surface area (Å²) in [6.45, 7) is 0.382. The van der Waals surface area contributed by atoms with Crippen LogP contribution in [0.2, 0.25) is 10.0 Å². The SMILES string of the molecule is COc1ccc(CCNC(=O)/C(=C\O)c2ccc(Cl)c(Cl)c2)cc1OC. The van der Waals surface area contributed by atoms with Crippen LogP contribution < -0.4 is 14.8 Å². The van der Waals surface area contributed by atoms with Gasteiger partial charge in [0.25, 0.3) is 5.91 Å². The second-order valence-corrected chi connectivity index (χ2v) is 6.18. The number of carbonyl (C=O) groups excluding carboxylic acids is 1. The van der Waals surface area contributed by atoms with Crippen molar-refractivity contribution in [2.24, 2.45) is 0 Å². The number of amides is 1. The third kappa shape index (κ3) is 4.84. The van der Waals surface area contributed by atoms with Gasteiger partial charge in [0, 0.05) is 6.54 Å². The fraction of sp³-hybridized carbons (Fsp3) is 0.211. The molecular weight excluding hydrogens is 377 g/mol. The summed E-state index contributed by atoms with van der Waals surface area (Å²) in [4.78, 5) is 12.3. The molecule has 2 rings (SSSR count). The van der Waals surface area contributed by atoms with Crippen molar-refractivity contribution in [3.05, 3.63) is 63.8 Å². The topological polar surface area (TPSA) is 67.8 Å². The molecule has 0 heterocycles. The monoisotopic (exact) mass is 395 g/mol. The van der Waals surface area contributed by atoms with E-state index in [0.29, 0.717) is 40.1 Å². The second kappa shape index (κ2) is 9.36. The van der Waals surface area contributed by atoms with Gasteiger partial charge in [-0.1, -0.05) is 35.3 Å². The van der Waals surface area contributed by atoms with Crippen molar-refractivity contribution in [3.63, 3.8) is 0 Å². The first-order chi connectivity index (χ1) is 12.5. The van der Waals surface area contributed by atoms with Gasteiger partial charge in [-0.15, -0.1) is 0 Å². The minimum absolute atomic E-state index is 0.107. The molecule has 138 valence electrons. The molecule has 0 aliphatic heterocycles. The number of benzene rings is 2. The smallest absolute Gasteiger partial charge is 0.255 e. The zero-order valence-corrected chi connectivity index (χ0v) is 15.9. The van der Waals surface area contributed by atoms with Gasteiger partial charge in [0.05, 0.1) is 36.1 Å². The maximum atomic E-state index is 12.3. The predicted octanol–water partition coefficient (Wildman–Crippen LogP) is 4.27. The minimum Gasteiger partial charge on any atom is -0.515 e. The third-order valence-corrected chi connectivity index (χ3v) is 4.49. The first-order valence-electron chi connectivity index (χ1n) is 7.79. The standard InChI is InChI=1S/C19H19Cl2NO4/c1-25-17-6-3-12(9-18(17)26-2)7-8-22-19(24)14(11-23)13-4-5-15(20)16(21)10-13/h3-6,9-11,23H,7-8H2,1-2H3,(H,22,24)/b14-11-. The Kier molecular flexibility index (Phi) is 7.18. The Bertz CT molecular complexity index is 821. The van der Waals surface area contributed by atoms with Gasteiger partial charge in [0.1, 0.15) is 0 Å². The summed E-state index contributed by atoms with van der Waals surface area (Å²) in [5.74, 6) is 0.861. The molecule has 5 nitrogen and oxygen atoms in total. The number of carbonyl (C=O) groups is 1. The molecule has 26 heavy (non-hydrogen) atoms. The number of hydrogen-bond acceptors (Lipinski definition) is 4. The fourth-order valence-electron chi connectivity index (χ4n) is 2.38. The molecule has 0 fully saturated rings. The number of aliphatic hydroxyl groups excluding tert-OH is 1. The second-order valence-electron chi connectivity index (χ2n) is 5.37. The molecule has 0 bridgehead atoms. The molecule has 0 aromatic heterocycles. The van der Waals surface area contributed by atoms with E-state index in [1.54, 1.807) is 26.4 Å². The van der Waals surface area contributed by atoms with E-state index >= 15 is 0 Å². The van der Waals surface area contributed by atoms with Gasteiger partial charge in [-0.25, -0.2) is 0 Å². The van der Waals surface area contributed by atoms with Crippen LogP contribution in [0.15, 0.2) is 42.7 Å². The normalized spacial score (nSPS) is 11.2. The lowest BCUT2D eigenvalue weighted by atomic mass is 10.1. The lowest BCUT2D eigenvalue weighted by Gasteiger charge is -2.11. The van der Waals surface area contributed by atoms with Crippen molar-refractivity contribution in [1.82, 2.24) is 5.32 Å². The van der Waals surface area contributed by atoms with E-state index in [-0.39, 0.29) is 5.57 Å². The number of ether oxygens (including phenoxy) is 2. The average molecular weight is 396 g/mol. The van der Waals surface area contributed by atoms with Crippen LogP contribution in [0.25, 0.3) is 5.57 Å². The van der Waals surface area contributed by atoms with Gasteiger partial charge in [-0.05, 0) is 41.8 Å². The number of halogens is 2. The van der Waals surface area contributed by atoms with E-state index in [2.05, 4.69) is 5.32 Å². The maximum Gasteiger partial charge on any atom is 0.255 e. The van der Waals surface area contributed by atoms with E-state index in [1.807, 2.05) is 18.2 Å². The Hall–Kier alpha value is -2.37. The molecule has 1 amide bonds. The lowest BCUT2D eigenvalue weighted by Crippen LogP contribution is -2.26. The number of hydrogen-bond donors (Lipinski definition) is 2. The van der Waals surface area contributed by atoms with Crippen molar-refractivity contribution in [2.45, 2.75) is 6.42 Å². The van der Waals surface area contributed by atoms with Gasteiger partial charge in [0.15, 0.2) is 11.5 Å². The van der Waals surface area contributed by atoms with Crippen molar-refractivity contribution >= 4 is 34.7 Å². The molecule has 0 aliphatic rings. The van der Waals surface area contributed by atoms with Crippen molar-refractivity contribution in [1.29, 1.82) is 0 Å². The Morgan fingerprint density at radius 1 is 1.08 bits per heavy atom. The largest absolute Gasteiger partial charge is 0.515 e. The summed E-state index contributed by atoms with van der Waals surface area (Å²) in [5, 5.41) is 12.9. The fourth-order valence-corrected chi connectivity index (χ4v) is 2.68. The Morgan fingerprint density at radius 3 is 2.42 bits per heavy atom. The van der Waals surface area contributed by atoms with Crippen LogP contribution in [0.3, 0.4) is 0 Å². The summed E-state index contributed by atoms with van der Waals surface area (Å²) in [6.07, 6.45) is 1.34. The summed E-state index contributed by atoms with van der Waals surface area (Å²) in [6, 6.07) is 10.3.